The maximum Gasteiger partial charge on any atom is 0.160 e. The van der Waals surface area contributed by atoms with Gasteiger partial charge in [-0.1, -0.05) is 45.5 Å². The molecule has 0 N–H and O–H groups in total. The molecule has 1 saturated carbocycles. The minimum atomic E-state index is 0.350. The summed E-state index contributed by atoms with van der Waals surface area (Å²) in [6.45, 7) is 8.70. The summed E-state index contributed by atoms with van der Waals surface area (Å²) >= 11 is 1.56. The molecule has 1 fully saturated rings. The van der Waals surface area contributed by atoms with Gasteiger partial charge in [0, 0.05) is 24.6 Å². The molecule has 1 aromatic heterocycles. The third-order valence-corrected chi connectivity index (χ3v) is 6.73. The Morgan fingerprint density at radius 2 is 2.00 bits per heavy atom. The summed E-state index contributed by atoms with van der Waals surface area (Å²) in [6, 6.07) is 2.18. The fourth-order valence-electron chi connectivity index (χ4n) is 4.23. The van der Waals surface area contributed by atoms with E-state index < -0.39 is 0 Å². The molecule has 2 aliphatic rings. The Hall–Kier alpha value is -1.37. The van der Waals surface area contributed by atoms with E-state index in [-0.39, 0.29) is 0 Å². The minimum Gasteiger partial charge on any atom is -0.302 e. The molecule has 140 valence electrons. The number of likely N-dealkylation sites (N-methyl/N-ethyl adjacent to an activating group) is 1. The zero-order valence-corrected chi connectivity index (χ0v) is 17.4. The third kappa shape index (κ3) is 4.48. The molecule has 1 aliphatic heterocycles. The fourth-order valence-corrected chi connectivity index (χ4v) is 5.09. The van der Waals surface area contributed by atoms with Gasteiger partial charge in [0.2, 0.25) is 0 Å². The summed E-state index contributed by atoms with van der Waals surface area (Å²) in [5.74, 6) is 8.40. The van der Waals surface area contributed by atoms with Gasteiger partial charge in [-0.25, -0.2) is 0 Å². The van der Waals surface area contributed by atoms with Gasteiger partial charge in [-0.15, -0.1) is 11.3 Å². The van der Waals surface area contributed by atoms with E-state index in [1.165, 1.54) is 36.8 Å². The van der Waals surface area contributed by atoms with E-state index in [0.29, 0.717) is 11.8 Å². The average Bonchev–Trinajstić information content (AvgIpc) is 3.04. The Kier molecular flexibility index (Phi) is 6.37. The highest BCUT2D eigenvalue weighted by atomic mass is 32.1. The number of rotatable bonds is 3. The molecule has 0 unspecified atom stereocenters. The van der Waals surface area contributed by atoms with Crippen LogP contribution in [0.2, 0.25) is 0 Å². The van der Waals surface area contributed by atoms with E-state index in [1.807, 2.05) is 0 Å². The maximum absolute atomic E-state index is 11.7. The van der Waals surface area contributed by atoms with Gasteiger partial charge in [-0.2, -0.15) is 0 Å². The molecule has 0 aromatic carbocycles. The molecular weight excluding hydrogens is 338 g/mol. The quantitative estimate of drug-likeness (QED) is 0.519. The Labute approximate surface area is 162 Å². The smallest absolute Gasteiger partial charge is 0.160 e. The van der Waals surface area contributed by atoms with Crippen LogP contribution in [0, 0.1) is 29.6 Å². The number of thiophene rings is 1. The van der Waals surface area contributed by atoms with Crippen molar-refractivity contribution in [2.75, 3.05) is 20.1 Å². The third-order valence-electron chi connectivity index (χ3n) is 5.76. The van der Waals surface area contributed by atoms with Gasteiger partial charge >= 0.3 is 0 Å². The first kappa shape index (κ1) is 19.4. The van der Waals surface area contributed by atoms with Crippen molar-refractivity contribution >= 4 is 23.2 Å². The summed E-state index contributed by atoms with van der Waals surface area (Å²) in [6.07, 6.45) is 7.35. The van der Waals surface area contributed by atoms with E-state index in [1.54, 1.807) is 16.9 Å². The maximum atomic E-state index is 11.7. The summed E-state index contributed by atoms with van der Waals surface area (Å²) in [7, 11) is 2.22. The second kappa shape index (κ2) is 8.55. The molecule has 0 amide bonds. The predicted octanol–water partition coefficient (Wildman–Crippen LogP) is 5.48. The van der Waals surface area contributed by atoms with Crippen molar-refractivity contribution in [3.05, 3.63) is 27.0 Å². The number of carbonyl (C=O) groups excluding carboxylic acids is 1. The minimum absolute atomic E-state index is 0.350. The standard InChI is InChI=1S/C23H31NOS/c1-16(2)5-10-19-13-21(23(15-25)26-19)20-11-12-24(4)14-22(20)18-8-6-17(3)7-9-18/h13,15-18H,6-9,11-12,14H2,1-4H3. The van der Waals surface area contributed by atoms with Crippen molar-refractivity contribution in [1.29, 1.82) is 0 Å². The Morgan fingerprint density at radius 3 is 2.65 bits per heavy atom. The molecule has 3 heteroatoms. The lowest BCUT2D eigenvalue weighted by Gasteiger charge is -2.35. The second-order valence-electron chi connectivity index (χ2n) is 8.38. The van der Waals surface area contributed by atoms with Gasteiger partial charge in [0.1, 0.15) is 0 Å². The van der Waals surface area contributed by atoms with Crippen LogP contribution in [0.1, 0.15) is 73.0 Å². The number of hydrogen-bond acceptors (Lipinski definition) is 3. The van der Waals surface area contributed by atoms with Gasteiger partial charge in [-0.05, 0) is 55.4 Å². The van der Waals surface area contributed by atoms with Crippen LogP contribution >= 0.6 is 11.3 Å². The van der Waals surface area contributed by atoms with Crippen LogP contribution in [0.25, 0.3) is 5.57 Å². The van der Waals surface area contributed by atoms with E-state index in [4.69, 9.17) is 0 Å². The molecule has 1 aromatic rings. The van der Waals surface area contributed by atoms with Crippen molar-refractivity contribution < 1.29 is 4.79 Å². The summed E-state index contributed by atoms with van der Waals surface area (Å²) in [5, 5.41) is 0. The number of carbonyl (C=O) groups is 1. The zero-order valence-electron chi connectivity index (χ0n) is 16.6. The number of nitrogens with zero attached hydrogens (tertiary/aromatic N) is 1. The van der Waals surface area contributed by atoms with Crippen LogP contribution in [0.4, 0.5) is 0 Å². The molecular formula is C23H31NOS. The van der Waals surface area contributed by atoms with Crippen LogP contribution in [0.3, 0.4) is 0 Å². The lowest BCUT2D eigenvalue weighted by molar-refractivity contribution is 0.112. The van der Waals surface area contributed by atoms with Gasteiger partial charge in [-0.3, -0.25) is 4.79 Å². The van der Waals surface area contributed by atoms with Crippen LogP contribution in [0.15, 0.2) is 11.6 Å². The predicted molar refractivity (Wildman–Crippen MR) is 112 cm³/mol. The van der Waals surface area contributed by atoms with Gasteiger partial charge in [0.25, 0.3) is 0 Å². The number of aldehydes is 1. The molecule has 2 heterocycles. The topological polar surface area (TPSA) is 20.3 Å². The first-order valence-corrected chi connectivity index (χ1v) is 10.8. The summed E-state index contributed by atoms with van der Waals surface area (Å²) in [4.78, 5) is 16.1. The first-order chi connectivity index (χ1) is 12.5. The highest BCUT2D eigenvalue weighted by molar-refractivity contribution is 7.14. The lowest BCUT2D eigenvalue weighted by Crippen LogP contribution is -2.31. The van der Waals surface area contributed by atoms with E-state index >= 15 is 0 Å². The Bertz CT molecular complexity index is 738. The number of hydrogen-bond donors (Lipinski definition) is 0. The van der Waals surface area contributed by atoms with Crippen molar-refractivity contribution in [3.63, 3.8) is 0 Å². The SMILES string of the molecule is CC(C)C#Cc1cc(C2=C(C3CCC(C)CC3)CN(C)CC2)c(C=O)s1. The largest absolute Gasteiger partial charge is 0.302 e. The lowest BCUT2D eigenvalue weighted by atomic mass is 9.75. The van der Waals surface area contributed by atoms with Crippen LogP contribution < -0.4 is 0 Å². The molecule has 1 aliphatic carbocycles. The highest BCUT2D eigenvalue weighted by Crippen LogP contribution is 2.41. The molecule has 26 heavy (non-hydrogen) atoms. The normalized spacial score (nSPS) is 24.5. The van der Waals surface area contributed by atoms with E-state index in [2.05, 4.69) is 50.6 Å². The van der Waals surface area contributed by atoms with Crippen LogP contribution in [0.5, 0.6) is 0 Å². The molecule has 0 radical (unpaired) electrons. The Morgan fingerprint density at radius 1 is 1.27 bits per heavy atom. The van der Waals surface area contributed by atoms with E-state index in [0.717, 1.165) is 41.5 Å². The molecule has 0 spiro atoms. The monoisotopic (exact) mass is 369 g/mol. The van der Waals surface area contributed by atoms with Crippen molar-refractivity contribution in [3.8, 4) is 11.8 Å². The highest BCUT2D eigenvalue weighted by Gasteiger charge is 2.28. The summed E-state index contributed by atoms with van der Waals surface area (Å²) < 4.78 is 0. The van der Waals surface area contributed by atoms with Gasteiger partial charge in [0.15, 0.2) is 6.29 Å². The average molecular weight is 370 g/mol. The van der Waals surface area contributed by atoms with Crippen molar-refractivity contribution in [2.45, 2.75) is 52.9 Å². The molecule has 0 atom stereocenters. The van der Waals surface area contributed by atoms with Crippen LogP contribution in [-0.4, -0.2) is 31.3 Å². The first-order valence-electron chi connectivity index (χ1n) is 9.99. The van der Waals surface area contributed by atoms with Crippen molar-refractivity contribution in [2.24, 2.45) is 17.8 Å². The van der Waals surface area contributed by atoms with Gasteiger partial charge in [0.05, 0.1) is 9.75 Å². The van der Waals surface area contributed by atoms with Crippen molar-refractivity contribution in [1.82, 2.24) is 4.90 Å². The van der Waals surface area contributed by atoms with E-state index in [9.17, 15) is 4.79 Å². The fraction of sp³-hybridized carbons (Fsp3) is 0.609. The molecule has 2 nitrogen and oxygen atoms in total. The Balaban J connectivity index is 1.99. The second-order valence-corrected chi connectivity index (χ2v) is 9.46. The molecule has 3 rings (SSSR count). The zero-order chi connectivity index (χ0) is 18.7. The van der Waals surface area contributed by atoms with Crippen LogP contribution in [-0.2, 0) is 0 Å². The van der Waals surface area contributed by atoms with Gasteiger partial charge < -0.3 is 4.90 Å². The molecule has 0 bridgehead atoms. The molecule has 0 saturated heterocycles. The summed E-state index contributed by atoms with van der Waals surface area (Å²) in [5.41, 5.74) is 4.20.